The van der Waals surface area contributed by atoms with E-state index in [9.17, 15) is 9.59 Å². The molecule has 0 aliphatic heterocycles. The summed E-state index contributed by atoms with van der Waals surface area (Å²) < 4.78 is 1.78. The van der Waals surface area contributed by atoms with Crippen molar-refractivity contribution in [2.24, 2.45) is 7.05 Å². The number of anilines is 1. The highest BCUT2D eigenvalue weighted by molar-refractivity contribution is 5.96. The Hall–Kier alpha value is -2.63. The SMILES string of the molecule is CCN(CC)C(=O)c1ccc(NC(=O)Cc2c(C)nn(C)c2C)cc1. The van der Waals surface area contributed by atoms with Crippen molar-refractivity contribution in [2.45, 2.75) is 34.1 Å². The molecule has 2 amide bonds. The van der Waals surface area contributed by atoms with Crippen molar-refractivity contribution < 1.29 is 9.59 Å². The van der Waals surface area contributed by atoms with Gasteiger partial charge in [-0.15, -0.1) is 0 Å². The van der Waals surface area contributed by atoms with E-state index in [1.54, 1.807) is 33.8 Å². The van der Waals surface area contributed by atoms with Gasteiger partial charge in [-0.1, -0.05) is 0 Å². The third kappa shape index (κ3) is 4.26. The third-order valence-corrected chi connectivity index (χ3v) is 4.46. The van der Waals surface area contributed by atoms with Gasteiger partial charge in [-0.25, -0.2) is 0 Å². The normalized spacial score (nSPS) is 10.6. The summed E-state index contributed by atoms with van der Waals surface area (Å²) in [5, 5.41) is 7.21. The lowest BCUT2D eigenvalue weighted by molar-refractivity contribution is -0.115. The summed E-state index contributed by atoms with van der Waals surface area (Å²) in [6.07, 6.45) is 0.283. The molecule has 1 N–H and O–H groups in total. The van der Waals surface area contributed by atoms with Crippen LogP contribution in [0.1, 0.15) is 41.2 Å². The Bertz CT molecular complexity index is 758. The summed E-state index contributed by atoms with van der Waals surface area (Å²) in [6.45, 7) is 9.13. The second-order valence-electron chi connectivity index (χ2n) is 6.05. The zero-order chi connectivity index (χ0) is 18.6. The largest absolute Gasteiger partial charge is 0.339 e. The molecule has 1 heterocycles. The van der Waals surface area contributed by atoms with Crippen LogP contribution in [0.4, 0.5) is 5.69 Å². The fourth-order valence-electron chi connectivity index (χ4n) is 2.83. The lowest BCUT2D eigenvalue weighted by Crippen LogP contribution is -2.30. The lowest BCUT2D eigenvalue weighted by atomic mass is 10.1. The van der Waals surface area contributed by atoms with Crippen molar-refractivity contribution in [2.75, 3.05) is 18.4 Å². The highest BCUT2D eigenvalue weighted by atomic mass is 16.2. The van der Waals surface area contributed by atoms with Gasteiger partial charge in [0.05, 0.1) is 12.1 Å². The van der Waals surface area contributed by atoms with Crippen LogP contribution in [0.3, 0.4) is 0 Å². The number of carbonyl (C=O) groups is 2. The Morgan fingerprint density at radius 2 is 1.72 bits per heavy atom. The van der Waals surface area contributed by atoms with Gasteiger partial charge in [0.2, 0.25) is 5.91 Å². The van der Waals surface area contributed by atoms with Gasteiger partial charge in [0.15, 0.2) is 0 Å². The molecule has 0 spiro atoms. The van der Waals surface area contributed by atoms with Crippen molar-refractivity contribution in [3.05, 3.63) is 46.8 Å². The maximum absolute atomic E-state index is 12.3. The van der Waals surface area contributed by atoms with E-state index >= 15 is 0 Å². The first kappa shape index (κ1) is 18.7. The van der Waals surface area contributed by atoms with Crippen molar-refractivity contribution in [1.82, 2.24) is 14.7 Å². The number of amides is 2. The van der Waals surface area contributed by atoms with E-state index in [-0.39, 0.29) is 18.2 Å². The van der Waals surface area contributed by atoms with Crippen LogP contribution in [-0.4, -0.2) is 39.6 Å². The Labute approximate surface area is 148 Å². The van der Waals surface area contributed by atoms with Crippen LogP contribution in [0.15, 0.2) is 24.3 Å². The van der Waals surface area contributed by atoms with Crippen molar-refractivity contribution in [1.29, 1.82) is 0 Å². The monoisotopic (exact) mass is 342 g/mol. The Morgan fingerprint density at radius 1 is 1.12 bits per heavy atom. The molecule has 0 bridgehead atoms. The van der Waals surface area contributed by atoms with Crippen LogP contribution in [0.25, 0.3) is 0 Å². The van der Waals surface area contributed by atoms with Gasteiger partial charge in [-0.2, -0.15) is 5.10 Å². The van der Waals surface area contributed by atoms with E-state index in [2.05, 4.69) is 10.4 Å². The van der Waals surface area contributed by atoms with Gasteiger partial charge in [0.25, 0.3) is 5.91 Å². The molecule has 6 nitrogen and oxygen atoms in total. The quantitative estimate of drug-likeness (QED) is 0.878. The fraction of sp³-hybridized carbons (Fsp3) is 0.421. The minimum Gasteiger partial charge on any atom is -0.339 e. The molecular formula is C19H26N4O2. The minimum atomic E-state index is -0.0954. The van der Waals surface area contributed by atoms with Gasteiger partial charge in [-0.3, -0.25) is 14.3 Å². The summed E-state index contributed by atoms with van der Waals surface area (Å²) in [5.74, 6) is -0.0912. The average Bonchev–Trinajstić information content (AvgIpc) is 2.82. The number of nitrogens with zero attached hydrogens (tertiary/aromatic N) is 3. The van der Waals surface area contributed by atoms with Gasteiger partial charge in [0.1, 0.15) is 0 Å². The highest BCUT2D eigenvalue weighted by Gasteiger charge is 2.15. The maximum atomic E-state index is 12.3. The third-order valence-electron chi connectivity index (χ3n) is 4.46. The summed E-state index contributed by atoms with van der Waals surface area (Å²) in [7, 11) is 1.87. The summed E-state index contributed by atoms with van der Waals surface area (Å²) in [5.41, 5.74) is 4.12. The number of nitrogens with one attached hydrogen (secondary N) is 1. The highest BCUT2D eigenvalue weighted by Crippen LogP contribution is 2.15. The molecule has 0 unspecified atom stereocenters. The average molecular weight is 342 g/mol. The predicted molar refractivity (Wildman–Crippen MR) is 98.7 cm³/mol. The van der Waals surface area contributed by atoms with E-state index in [0.29, 0.717) is 24.3 Å². The molecule has 0 radical (unpaired) electrons. The van der Waals surface area contributed by atoms with Crippen LogP contribution < -0.4 is 5.32 Å². The van der Waals surface area contributed by atoms with E-state index in [0.717, 1.165) is 17.0 Å². The number of aryl methyl sites for hydroxylation is 2. The van der Waals surface area contributed by atoms with Gasteiger partial charge in [-0.05, 0) is 52.0 Å². The van der Waals surface area contributed by atoms with Gasteiger partial charge >= 0.3 is 0 Å². The molecule has 134 valence electrons. The number of hydrogen-bond donors (Lipinski definition) is 1. The van der Waals surface area contributed by atoms with E-state index in [1.165, 1.54) is 0 Å². The first-order chi connectivity index (χ1) is 11.9. The molecule has 2 rings (SSSR count). The molecule has 1 aromatic carbocycles. The molecule has 0 fully saturated rings. The number of rotatable bonds is 6. The second kappa shape index (κ2) is 7.96. The first-order valence-electron chi connectivity index (χ1n) is 8.55. The number of benzene rings is 1. The molecule has 0 aliphatic rings. The lowest BCUT2D eigenvalue weighted by Gasteiger charge is -2.18. The predicted octanol–water partition coefficient (Wildman–Crippen LogP) is 2.70. The van der Waals surface area contributed by atoms with E-state index in [4.69, 9.17) is 0 Å². The maximum Gasteiger partial charge on any atom is 0.253 e. The fourth-order valence-corrected chi connectivity index (χ4v) is 2.83. The van der Waals surface area contributed by atoms with Gasteiger partial charge < -0.3 is 10.2 Å². The van der Waals surface area contributed by atoms with Crippen LogP contribution in [0, 0.1) is 13.8 Å². The number of carbonyl (C=O) groups excluding carboxylic acids is 2. The molecule has 0 aliphatic carbocycles. The van der Waals surface area contributed by atoms with E-state index < -0.39 is 0 Å². The summed E-state index contributed by atoms with van der Waals surface area (Å²) in [6, 6.07) is 7.02. The Morgan fingerprint density at radius 3 is 2.20 bits per heavy atom. The number of aromatic nitrogens is 2. The summed E-state index contributed by atoms with van der Waals surface area (Å²) >= 11 is 0. The molecule has 25 heavy (non-hydrogen) atoms. The molecule has 0 saturated carbocycles. The first-order valence-corrected chi connectivity index (χ1v) is 8.55. The molecule has 0 saturated heterocycles. The smallest absolute Gasteiger partial charge is 0.253 e. The zero-order valence-corrected chi connectivity index (χ0v) is 15.6. The van der Waals surface area contributed by atoms with Gasteiger partial charge in [0, 0.05) is 42.6 Å². The van der Waals surface area contributed by atoms with Crippen LogP contribution >= 0.6 is 0 Å². The van der Waals surface area contributed by atoms with Crippen molar-refractivity contribution >= 4 is 17.5 Å². The number of hydrogen-bond acceptors (Lipinski definition) is 3. The Kier molecular flexibility index (Phi) is 5.96. The topological polar surface area (TPSA) is 67.2 Å². The summed E-state index contributed by atoms with van der Waals surface area (Å²) in [4.78, 5) is 26.3. The van der Waals surface area contributed by atoms with Crippen molar-refractivity contribution in [3.8, 4) is 0 Å². The zero-order valence-electron chi connectivity index (χ0n) is 15.6. The van der Waals surface area contributed by atoms with E-state index in [1.807, 2.05) is 34.7 Å². The van der Waals surface area contributed by atoms with Crippen molar-refractivity contribution in [3.63, 3.8) is 0 Å². The molecule has 2 aromatic rings. The minimum absolute atomic E-state index is 0.00415. The van der Waals surface area contributed by atoms with Crippen LogP contribution in [0.2, 0.25) is 0 Å². The molecule has 0 atom stereocenters. The molecule has 6 heteroatoms. The second-order valence-corrected chi connectivity index (χ2v) is 6.05. The Balaban J connectivity index is 2.03. The molecule has 1 aromatic heterocycles. The molecular weight excluding hydrogens is 316 g/mol. The van der Waals surface area contributed by atoms with Crippen LogP contribution in [0.5, 0.6) is 0 Å². The van der Waals surface area contributed by atoms with Crippen LogP contribution in [-0.2, 0) is 18.3 Å². The standard InChI is InChI=1S/C19H26N4O2/c1-6-23(7-2)19(25)15-8-10-16(11-9-15)20-18(24)12-17-13(3)21-22(5)14(17)4/h8-11H,6-7,12H2,1-5H3,(H,20,24).